The smallest absolute Gasteiger partial charge is 0.323 e. The third-order valence-electron chi connectivity index (χ3n) is 4.00. The second-order valence-corrected chi connectivity index (χ2v) is 7.19. The number of amides is 1. The normalized spacial score (nSPS) is 11.1. The fourth-order valence-corrected chi connectivity index (χ4v) is 2.52. The third-order valence-corrected chi connectivity index (χ3v) is 4.00. The van der Waals surface area contributed by atoms with E-state index in [0.29, 0.717) is 17.1 Å². The predicted molar refractivity (Wildman–Crippen MR) is 99.2 cm³/mol. The van der Waals surface area contributed by atoms with Gasteiger partial charge in [0.2, 0.25) is 0 Å². The van der Waals surface area contributed by atoms with Crippen LogP contribution in [0, 0.1) is 0 Å². The fraction of sp³-hybridized carbons (Fsp3) is 0.421. The Balaban J connectivity index is 2.31. The van der Waals surface area contributed by atoms with Crippen molar-refractivity contribution in [2.75, 3.05) is 20.8 Å². The molecule has 2 N–H and O–H groups in total. The number of aliphatic carboxylic acids is 1. The number of nitrogens with one attached hydrogen (secondary N) is 1. The van der Waals surface area contributed by atoms with Gasteiger partial charge in [0.15, 0.2) is 0 Å². The Labute approximate surface area is 158 Å². The van der Waals surface area contributed by atoms with Gasteiger partial charge >= 0.3 is 5.97 Å². The van der Waals surface area contributed by atoms with Crippen LogP contribution in [0.25, 0.3) is 0 Å². The van der Waals surface area contributed by atoms with E-state index in [0.717, 1.165) is 5.69 Å². The maximum Gasteiger partial charge on any atom is 0.323 e. The quantitative estimate of drug-likeness (QED) is 0.770. The Hall–Kier alpha value is -3.03. The lowest BCUT2D eigenvalue weighted by Crippen LogP contribution is -2.35. The average molecular weight is 375 g/mol. The number of nitrogens with zero attached hydrogens (tertiary/aromatic N) is 2. The summed E-state index contributed by atoms with van der Waals surface area (Å²) in [5.41, 5.74) is 1.45. The summed E-state index contributed by atoms with van der Waals surface area (Å²) in [4.78, 5) is 25.3. The molecule has 0 radical (unpaired) electrons. The minimum absolute atomic E-state index is 0.0798. The van der Waals surface area contributed by atoms with Gasteiger partial charge in [0, 0.05) is 23.7 Å². The first kappa shape index (κ1) is 20.3. The highest BCUT2D eigenvalue weighted by Gasteiger charge is 2.24. The molecule has 1 aromatic carbocycles. The lowest BCUT2D eigenvalue weighted by molar-refractivity contribution is -0.137. The Morgan fingerprint density at radius 3 is 2.15 bits per heavy atom. The maximum atomic E-state index is 12.9. The number of aromatic nitrogens is 2. The molecule has 0 unspecified atom stereocenters. The van der Waals surface area contributed by atoms with Gasteiger partial charge < -0.3 is 19.5 Å². The summed E-state index contributed by atoms with van der Waals surface area (Å²) >= 11 is 0. The van der Waals surface area contributed by atoms with Crippen LogP contribution in [0.4, 0.5) is 0 Å². The molecular weight excluding hydrogens is 350 g/mol. The molecule has 0 aliphatic carbocycles. The van der Waals surface area contributed by atoms with E-state index in [1.54, 1.807) is 24.3 Å². The highest BCUT2D eigenvalue weighted by molar-refractivity contribution is 5.94. The van der Waals surface area contributed by atoms with Crippen molar-refractivity contribution in [1.29, 1.82) is 0 Å². The van der Waals surface area contributed by atoms with Crippen LogP contribution in [0.2, 0.25) is 0 Å². The van der Waals surface area contributed by atoms with Gasteiger partial charge in [0.05, 0.1) is 14.2 Å². The van der Waals surface area contributed by atoms with Crippen molar-refractivity contribution >= 4 is 11.9 Å². The minimum Gasteiger partial charge on any atom is -0.497 e. The van der Waals surface area contributed by atoms with Gasteiger partial charge in [-0.1, -0.05) is 20.8 Å². The highest BCUT2D eigenvalue weighted by Crippen LogP contribution is 2.24. The van der Waals surface area contributed by atoms with Crippen molar-refractivity contribution in [2.24, 2.45) is 0 Å². The largest absolute Gasteiger partial charge is 0.497 e. The molecular formula is C19H25N3O5. The van der Waals surface area contributed by atoms with E-state index in [9.17, 15) is 14.7 Å². The first-order chi connectivity index (χ1) is 12.6. The zero-order valence-corrected chi connectivity index (χ0v) is 16.2. The molecule has 0 saturated heterocycles. The van der Waals surface area contributed by atoms with Gasteiger partial charge in [-0.25, -0.2) is 0 Å². The number of ether oxygens (including phenoxy) is 2. The summed E-state index contributed by atoms with van der Waals surface area (Å²) in [6, 6.07) is 6.82. The van der Waals surface area contributed by atoms with E-state index in [4.69, 9.17) is 9.47 Å². The number of carbonyl (C=O) groups is 2. The molecule has 0 spiro atoms. The Morgan fingerprint density at radius 2 is 1.70 bits per heavy atom. The summed E-state index contributed by atoms with van der Waals surface area (Å²) in [6.45, 7) is 5.61. The zero-order chi connectivity index (χ0) is 20.2. The van der Waals surface area contributed by atoms with Gasteiger partial charge in [0.1, 0.15) is 23.7 Å². The highest BCUT2D eigenvalue weighted by atomic mass is 16.5. The second-order valence-electron chi connectivity index (χ2n) is 7.19. The molecule has 2 aromatic rings. The van der Waals surface area contributed by atoms with Crippen LogP contribution in [0.5, 0.6) is 11.5 Å². The molecule has 146 valence electrons. The number of methoxy groups -OCH3 is 2. The first-order valence-electron chi connectivity index (χ1n) is 8.43. The standard InChI is InChI=1S/C19H25N3O5/c1-19(2,3)16-9-15(20-21-16)18(25)22(11-17(23)24)10-12-6-13(26-4)8-14(7-12)27-5/h6-9H,10-11H2,1-5H3,(H,20,21)(H,23,24). The number of aromatic amines is 1. The molecule has 0 bridgehead atoms. The monoisotopic (exact) mass is 375 g/mol. The third kappa shape index (κ3) is 5.22. The van der Waals surface area contributed by atoms with Crippen molar-refractivity contribution in [2.45, 2.75) is 32.7 Å². The molecule has 0 atom stereocenters. The van der Waals surface area contributed by atoms with E-state index in [1.165, 1.54) is 19.1 Å². The van der Waals surface area contributed by atoms with E-state index in [1.807, 2.05) is 20.8 Å². The van der Waals surface area contributed by atoms with Crippen LogP contribution in [0.15, 0.2) is 24.3 Å². The van der Waals surface area contributed by atoms with Crippen molar-refractivity contribution in [1.82, 2.24) is 15.1 Å². The summed E-state index contributed by atoms with van der Waals surface area (Å²) in [5, 5.41) is 16.1. The molecule has 0 saturated carbocycles. The predicted octanol–water partition coefficient (Wildman–Crippen LogP) is 2.45. The number of carbonyl (C=O) groups excluding carboxylic acids is 1. The van der Waals surface area contributed by atoms with Crippen LogP contribution in [-0.4, -0.2) is 52.8 Å². The molecule has 1 aromatic heterocycles. The number of hydrogen-bond donors (Lipinski definition) is 2. The summed E-state index contributed by atoms with van der Waals surface area (Å²) in [7, 11) is 3.05. The van der Waals surface area contributed by atoms with Gasteiger partial charge in [-0.2, -0.15) is 5.10 Å². The van der Waals surface area contributed by atoms with Crippen molar-refractivity contribution in [3.8, 4) is 11.5 Å². The lowest BCUT2D eigenvalue weighted by Gasteiger charge is -2.20. The van der Waals surface area contributed by atoms with E-state index in [2.05, 4.69) is 10.2 Å². The molecule has 0 fully saturated rings. The Kier molecular flexibility index (Phi) is 6.09. The van der Waals surface area contributed by atoms with Crippen molar-refractivity contribution in [3.63, 3.8) is 0 Å². The molecule has 0 aliphatic rings. The number of H-pyrrole nitrogens is 1. The van der Waals surface area contributed by atoms with E-state index < -0.39 is 18.4 Å². The fourth-order valence-electron chi connectivity index (χ4n) is 2.52. The van der Waals surface area contributed by atoms with Crippen LogP contribution >= 0.6 is 0 Å². The molecule has 1 heterocycles. The maximum absolute atomic E-state index is 12.9. The van der Waals surface area contributed by atoms with Gasteiger partial charge in [-0.05, 0) is 23.8 Å². The van der Waals surface area contributed by atoms with E-state index >= 15 is 0 Å². The Bertz CT molecular complexity index is 801. The first-order valence-corrected chi connectivity index (χ1v) is 8.43. The molecule has 1 amide bonds. The summed E-state index contributed by atoms with van der Waals surface area (Å²) < 4.78 is 10.5. The topological polar surface area (TPSA) is 105 Å². The van der Waals surface area contributed by atoms with Crippen molar-refractivity contribution < 1.29 is 24.2 Å². The van der Waals surface area contributed by atoms with Gasteiger partial charge in [-0.15, -0.1) is 0 Å². The molecule has 8 nitrogen and oxygen atoms in total. The number of carboxylic acids is 1. The van der Waals surface area contributed by atoms with Crippen LogP contribution in [0.3, 0.4) is 0 Å². The van der Waals surface area contributed by atoms with Gasteiger partial charge in [-0.3, -0.25) is 14.7 Å². The molecule has 0 aliphatic heterocycles. The second kappa shape index (κ2) is 8.11. The SMILES string of the molecule is COc1cc(CN(CC(=O)O)C(=O)c2cc(C(C)(C)C)[nH]n2)cc(OC)c1. The summed E-state index contributed by atoms with van der Waals surface area (Å²) in [5.74, 6) is -0.459. The molecule has 2 rings (SSSR count). The molecule has 27 heavy (non-hydrogen) atoms. The van der Waals surface area contributed by atoms with Crippen molar-refractivity contribution in [3.05, 3.63) is 41.2 Å². The lowest BCUT2D eigenvalue weighted by atomic mass is 9.92. The van der Waals surface area contributed by atoms with Gasteiger partial charge in [0.25, 0.3) is 5.91 Å². The Morgan fingerprint density at radius 1 is 1.11 bits per heavy atom. The minimum atomic E-state index is -1.11. The number of hydrogen-bond acceptors (Lipinski definition) is 5. The van der Waals surface area contributed by atoms with E-state index in [-0.39, 0.29) is 17.7 Å². The van der Waals surface area contributed by atoms with Crippen LogP contribution in [0.1, 0.15) is 42.5 Å². The number of carboxylic acid groups (broad SMARTS) is 1. The number of benzene rings is 1. The van der Waals surface area contributed by atoms with Crippen LogP contribution < -0.4 is 9.47 Å². The zero-order valence-electron chi connectivity index (χ0n) is 16.2. The van der Waals surface area contributed by atoms with Crippen LogP contribution in [-0.2, 0) is 16.8 Å². The number of rotatable bonds is 7. The summed E-state index contributed by atoms with van der Waals surface area (Å²) in [6.07, 6.45) is 0. The molecule has 8 heteroatoms. The average Bonchev–Trinajstić information content (AvgIpc) is 3.10.